The van der Waals surface area contributed by atoms with Gasteiger partial charge >= 0.3 is 0 Å². The second-order valence-corrected chi connectivity index (χ2v) is 9.24. The third kappa shape index (κ3) is 6.24. The van der Waals surface area contributed by atoms with E-state index >= 15 is 0 Å². The first-order chi connectivity index (χ1) is 15.0. The maximum Gasteiger partial charge on any atom is 0.290 e. The Balaban J connectivity index is 0.000000858. The normalized spacial score (nSPS) is 23.5. The third-order valence-electron chi connectivity index (χ3n) is 6.30. The molecule has 1 aliphatic carbocycles. The zero-order chi connectivity index (χ0) is 22.2. The van der Waals surface area contributed by atoms with E-state index in [1.165, 1.54) is 17.7 Å². The number of carboxylic acid groups (broad SMARTS) is 1. The van der Waals surface area contributed by atoms with Crippen LogP contribution >= 0.6 is 11.3 Å². The molecule has 31 heavy (non-hydrogen) atoms. The van der Waals surface area contributed by atoms with Crippen LogP contribution in [-0.2, 0) is 27.2 Å². The number of ether oxygens (including phenoxy) is 1. The number of likely N-dealkylation sites (tertiary alicyclic amines) is 1. The number of nitrogens with zero attached hydrogens (tertiary/aromatic N) is 3. The number of aromatic nitrogens is 1. The fourth-order valence-electron chi connectivity index (χ4n) is 4.46. The molecule has 2 N–H and O–H groups in total. The fraction of sp³-hybridized carbons (Fsp3) is 0.714. The topological polar surface area (TPSA) is 112 Å². The first kappa shape index (κ1) is 23.6. The second kappa shape index (κ2) is 11.5. The van der Waals surface area contributed by atoms with Gasteiger partial charge in [0.25, 0.3) is 12.4 Å². The van der Waals surface area contributed by atoms with E-state index in [4.69, 9.17) is 14.6 Å². The molecule has 2 atom stereocenters. The van der Waals surface area contributed by atoms with E-state index in [0.29, 0.717) is 44.3 Å². The molecule has 0 bridgehead atoms. The van der Waals surface area contributed by atoms with Gasteiger partial charge in [0.05, 0.1) is 18.9 Å². The van der Waals surface area contributed by atoms with Crippen LogP contribution in [0.1, 0.15) is 52.5 Å². The molecular weight excluding hydrogens is 420 g/mol. The average molecular weight is 453 g/mol. The number of likely N-dealkylation sites (N-methyl/N-ethyl adjacent to an activating group) is 1. The van der Waals surface area contributed by atoms with Gasteiger partial charge in [-0.1, -0.05) is 0 Å². The van der Waals surface area contributed by atoms with Crippen molar-refractivity contribution < 1.29 is 24.2 Å². The Morgan fingerprint density at radius 1 is 1.23 bits per heavy atom. The maximum atomic E-state index is 12.5. The molecule has 9 nitrogen and oxygen atoms in total. The fourth-order valence-corrected chi connectivity index (χ4v) is 5.53. The van der Waals surface area contributed by atoms with Gasteiger partial charge in [0, 0.05) is 43.0 Å². The lowest BCUT2D eigenvalue weighted by Crippen LogP contribution is -2.45. The zero-order valence-electron chi connectivity index (χ0n) is 18.0. The van der Waals surface area contributed by atoms with Crippen LogP contribution in [0.25, 0.3) is 0 Å². The van der Waals surface area contributed by atoms with Gasteiger partial charge in [-0.3, -0.25) is 19.3 Å². The molecule has 0 radical (unpaired) electrons. The molecule has 3 heterocycles. The van der Waals surface area contributed by atoms with Gasteiger partial charge in [0.15, 0.2) is 5.01 Å². The molecule has 2 amide bonds. The average Bonchev–Trinajstić information content (AvgIpc) is 3.37. The van der Waals surface area contributed by atoms with Crippen LogP contribution in [-0.4, -0.2) is 90.2 Å². The number of thiazole rings is 1. The van der Waals surface area contributed by atoms with Crippen molar-refractivity contribution >= 4 is 29.6 Å². The smallest absolute Gasteiger partial charge is 0.290 e. The molecule has 172 valence electrons. The molecule has 3 aliphatic rings. The molecule has 2 fully saturated rings. The number of fused-ring (bicyclic) bond motifs is 1. The third-order valence-corrected chi connectivity index (χ3v) is 7.45. The van der Waals surface area contributed by atoms with E-state index in [2.05, 4.69) is 22.2 Å². The van der Waals surface area contributed by atoms with Crippen molar-refractivity contribution in [2.24, 2.45) is 0 Å². The van der Waals surface area contributed by atoms with E-state index in [9.17, 15) is 9.59 Å². The molecule has 10 heteroatoms. The number of rotatable bonds is 5. The summed E-state index contributed by atoms with van der Waals surface area (Å²) >= 11 is 1.55. The van der Waals surface area contributed by atoms with Crippen molar-refractivity contribution in [3.8, 4) is 0 Å². The summed E-state index contributed by atoms with van der Waals surface area (Å²) in [6.07, 6.45) is 7.00. The van der Waals surface area contributed by atoms with Crippen molar-refractivity contribution in [2.75, 3.05) is 39.9 Å². The number of carbonyl (C=O) groups excluding carboxylic acids is 2. The molecule has 0 aromatic carbocycles. The molecule has 4 rings (SSSR count). The minimum atomic E-state index is -0.250. The van der Waals surface area contributed by atoms with Crippen LogP contribution in [0.2, 0.25) is 0 Å². The van der Waals surface area contributed by atoms with Gasteiger partial charge in [0.1, 0.15) is 0 Å². The standard InChI is InChI=1S/C20H30N4O3S.CH2O2/c1-23-14(12-18(25)24-8-10-27-11-9-24)6-7-15(23)13-21-19(26)20-22-16-4-2-3-5-17(16)28-20;2-1-3/h14-15H,2-13H2,1H3,(H,21,26);1H,(H,2,3)/t14-,15+;/m1./s1. The van der Waals surface area contributed by atoms with Crippen molar-refractivity contribution in [1.29, 1.82) is 0 Å². The van der Waals surface area contributed by atoms with Crippen molar-refractivity contribution in [2.45, 2.75) is 57.0 Å². The number of aryl methyl sites for hydroxylation is 2. The van der Waals surface area contributed by atoms with Gasteiger partial charge in [-0.2, -0.15) is 0 Å². The highest BCUT2D eigenvalue weighted by Gasteiger charge is 2.33. The monoisotopic (exact) mass is 452 g/mol. The Morgan fingerprint density at radius 2 is 1.90 bits per heavy atom. The van der Waals surface area contributed by atoms with Gasteiger partial charge in [-0.25, -0.2) is 4.98 Å². The molecule has 1 aromatic heterocycles. The van der Waals surface area contributed by atoms with Crippen molar-refractivity contribution in [3.05, 3.63) is 15.6 Å². The van der Waals surface area contributed by atoms with Crippen LogP contribution in [0.15, 0.2) is 0 Å². The summed E-state index contributed by atoms with van der Waals surface area (Å²) in [5, 5.41) is 10.6. The lowest BCUT2D eigenvalue weighted by Gasteiger charge is -2.30. The predicted octanol–water partition coefficient (Wildman–Crippen LogP) is 1.16. The SMILES string of the molecule is CN1[C@@H](CC(=O)N2CCOCC2)CC[C@H]1CNC(=O)c1nc2c(s1)CCCC2.O=CO. The number of amides is 2. The number of nitrogens with one attached hydrogen (secondary N) is 1. The largest absolute Gasteiger partial charge is 0.483 e. The van der Waals surface area contributed by atoms with Crippen LogP contribution in [0.5, 0.6) is 0 Å². The van der Waals surface area contributed by atoms with Gasteiger partial charge < -0.3 is 20.1 Å². The lowest BCUT2D eigenvalue weighted by molar-refractivity contribution is -0.136. The summed E-state index contributed by atoms with van der Waals surface area (Å²) in [7, 11) is 2.07. The van der Waals surface area contributed by atoms with Gasteiger partial charge in [-0.05, 0) is 45.6 Å². The van der Waals surface area contributed by atoms with E-state index in [1.54, 1.807) is 11.3 Å². The molecule has 0 saturated carbocycles. The first-order valence-electron chi connectivity index (χ1n) is 11.0. The summed E-state index contributed by atoms with van der Waals surface area (Å²) in [6.45, 7) is 3.04. The van der Waals surface area contributed by atoms with Crippen LogP contribution in [0.4, 0.5) is 0 Å². The summed E-state index contributed by atoms with van der Waals surface area (Å²) in [4.78, 5) is 43.4. The molecule has 2 saturated heterocycles. The van der Waals surface area contributed by atoms with Crippen molar-refractivity contribution in [3.63, 3.8) is 0 Å². The predicted molar refractivity (Wildman–Crippen MR) is 116 cm³/mol. The minimum absolute atomic E-state index is 0.0550. The first-order valence-corrected chi connectivity index (χ1v) is 11.8. The number of hydrogen-bond acceptors (Lipinski definition) is 7. The molecular formula is C21H32N4O5S. The van der Waals surface area contributed by atoms with E-state index < -0.39 is 0 Å². The Labute approximate surface area is 186 Å². The lowest BCUT2D eigenvalue weighted by atomic mass is 10.0. The van der Waals surface area contributed by atoms with Crippen LogP contribution < -0.4 is 5.32 Å². The number of carbonyl (C=O) groups is 3. The van der Waals surface area contributed by atoms with Crippen LogP contribution in [0, 0.1) is 0 Å². The maximum absolute atomic E-state index is 12.5. The quantitative estimate of drug-likeness (QED) is 0.645. The van der Waals surface area contributed by atoms with E-state index in [1.807, 2.05) is 4.90 Å². The Hall–Kier alpha value is -2.04. The van der Waals surface area contributed by atoms with Crippen molar-refractivity contribution in [1.82, 2.24) is 20.1 Å². The molecule has 0 unspecified atom stereocenters. The Bertz CT molecular complexity index is 741. The highest BCUT2D eigenvalue weighted by atomic mass is 32.1. The highest BCUT2D eigenvalue weighted by molar-refractivity contribution is 7.13. The van der Waals surface area contributed by atoms with E-state index in [-0.39, 0.29) is 30.4 Å². The summed E-state index contributed by atoms with van der Waals surface area (Å²) in [6, 6.07) is 0.533. The van der Waals surface area contributed by atoms with Gasteiger partial charge in [0.2, 0.25) is 5.91 Å². The Kier molecular flexibility index (Phi) is 8.79. The Morgan fingerprint density at radius 3 is 2.61 bits per heavy atom. The number of hydrogen-bond donors (Lipinski definition) is 2. The molecule has 1 aromatic rings. The molecule has 0 spiro atoms. The second-order valence-electron chi connectivity index (χ2n) is 8.16. The summed E-state index contributed by atoms with van der Waals surface area (Å²) in [5.41, 5.74) is 1.13. The summed E-state index contributed by atoms with van der Waals surface area (Å²) < 4.78 is 5.33. The number of morpholine rings is 1. The van der Waals surface area contributed by atoms with Crippen LogP contribution in [0.3, 0.4) is 0 Å². The highest BCUT2D eigenvalue weighted by Crippen LogP contribution is 2.27. The molecule has 2 aliphatic heterocycles. The minimum Gasteiger partial charge on any atom is -0.483 e. The summed E-state index contributed by atoms with van der Waals surface area (Å²) in [5.74, 6) is 0.166. The van der Waals surface area contributed by atoms with E-state index in [0.717, 1.165) is 31.4 Å². The van der Waals surface area contributed by atoms with Gasteiger partial charge in [-0.15, -0.1) is 11.3 Å². The zero-order valence-corrected chi connectivity index (χ0v) is 18.9.